The molecule has 0 fully saturated rings. The summed E-state index contributed by atoms with van der Waals surface area (Å²) < 4.78 is 10.0. The van der Waals surface area contributed by atoms with E-state index in [1.54, 1.807) is 12.1 Å². The van der Waals surface area contributed by atoms with Crippen molar-refractivity contribution < 1.29 is 14.6 Å². The van der Waals surface area contributed by atoms with Crippen LogP contribution in [0.15, 0.2) is 18.2 Å². The molecule has 1 N–H and O–H groups in total. The van der Waals surface area contributed by atoms with E-state index in [2.05, 4.69) is 0 Å². The Hall–Kier alpha value is -1.29. The second-order valence-corrected chi connectivity index (χ2v) is 2.77. The molecule has 3 nitrogen and oxygen atoms in total. The van der Waals surface area contributed by atoms with Crippen LogP contribution in [0.4, 0.5) is 0 Å². The molecule has 1 heterocycles. The standard InChI is InChI=1S/C8H6O3S/c9-6-2-1-5-4-10-8(12)11-7(5)3-6/h1-3,9H,4H2. The number of aromatic hydroxyl groups is 1. The zero-order valence-electron chi connectivity index (χ0n) is 6.11. The van der Waals surface area contributed by atoms with Gasteiger partial charge in [0.1, 0.15) is 18.1 Å². The van der Waals surface area contributed by atoms with Gasteiger partial charge < -0.3 is 14.6 Å². The molecular weight excluding hydrogens is 176 g/mol. The van der Waals surface area contributed by atoms with Crippen LogP contribution in [-0.4, -0.2) is 10.3 Å². The molecule has 0 bridgehead atoms. The van der Waals surface area contributed by atoms with Gasteiger partial charge in [-0.3, -0.25) is 0 Å². The van der Waals surface area contributed by atoms with Crippen molar-refractivity contribution in [2.45, 2.75) is 6.61 Å². The fourth-order valence-corrected chi connectivity index (χ4v) is 1.16. The van der Waals surface area contributed by atoms with Gasteiger partial charge in [0.05, 0.1) is 0 Å². The van der Waals surface area contributed by atoms with Gasteiger partial charge in [0.15, 0.2) is 0 Å². The van der Waals surface area contributed by atoms with Crippen LogP contribution in [0.1, 0.15) is 5.56 Å². The molecule has 0 aliphatic carbocycles. The average molecular weight is 182 g/mol. The molecule has 12 heavy (non-hydrogen) atoms. The second-order valence-electron chi connectivity index (χ2n) is 2.43. The van der Waals surface area contributed by atoms with Gasteiger partial charge in [0.25, 0.3) is 0 Å². The van der Waals surface area contributed by atoms with Crippen molar-refractivity contribution in [3.63, 3.8) is 0 Å². The van der Waals surface area contributed by atoms with E-state index in [1.807, 2.05) is 0 Å². The number of hydrogen-bond acceptors (Lipinski definition) is 4. The van der Waals surface area contributed by atoms with Crippen LogP contribution in [-0.2, 0) is 11.3 Å². The predicted molar refractivity (Wildman–Crippen MR) is 46.1 cm³/mol. The van der Waals surface area contributed by atoms with E-state index < -0.39 is 0 Å². The molecule has 62 valence electrons. The van der Waals surface area contributed by atoms with Gasteiger partial charge in [-0.1, -0.05) is 0 Å². The van der Waals surface area contributed by atoms with Crippen molar-refractivity contribution in [2.24, 2.45) is 0 Å². The minimum absolute atomic E-state index is 0.105. The molecular formula is C8H6O3S. The lowest BCUT2D eigenvalue weighted by Gasteiger charge is -2.17. The van der Waals surface area contributed by atoms with E-state index in [4.69, 9.17) is 26.8 Å². The van der Waals surface area contributed by atoms with Crippen molar-refractivity contribution in [3.05, 3.63) is 23.8 Å². The smallest absolute Gasteiger partial charge is 0.358 e. The third-order valence-corrected chi connectivity index (χ3v) is 1.79. The monoisotopic (exact) mass is 182 g/mol. The number of fused-ring (bicyclic) bond motifs is 1. The van der Waals surface area contributed by atoms with Gasteiger partial charge in [-0.05, 0) is 12.1 Å². The Morgan fingerprint density at radius 2 is 2.25 bits per heavy atom. The summed E-state index contributed by atoms with van der Waals surface area (Å²) in [5.41, 5.74) is 0.890. The van der Waals surface area contributed by atoms with Gasteiger partial charge in [-0.2, -0.15) is 0 Å². The van der Waals surface area contributed by atoms with E-state index in [9.17, 15) is 0 Å². The number of phenolic OH excluding ortho intramolecular Hbond substituents is 1. The van der Waals surface area contributed by atoms with Crippen molar-refractivity contribution in [1.29, 1.82) is 0 Å². The first-order chi connectivity index (χ1) is 5.75. The Labute approximate surface area is 74.5 Å². The van der Waals surface area contributed by atoms with Crippen LogP contribution in [0, 0.1) is 0 Å². The number of hydrogen-bond donors (Lipinski definition) is 1. The first-order valence-corrected chi connectivity index (χ1v) is 3.83. The molecule has 1 aliphatic heterocycles. The van der Waals surface area contributed by atoms with Gasteiger partial charge in [-0.25, -0.2) is 0 Å². The Balaban J connectivity index is 2.44. The highest BCUT2D eigenvalue weighted by molar-refractivity contribution is 7.79. The summed E-state index contributed by atoms with van der Waals surface area (Å²) in [5.74, 6) is 0.740. The van der Waals surface area contributed by atoms with E-state index >= 15 is 0 Å². The van der Waals surface area contributed by atoms with Crippen LogP contribution >= 0.6 is 12.2 Å². The molecule has 0 amide bonds. The quantitative estimate of drug-likeness (QED) is 0.618. The summed E-state index contributed by atoms with van der Waals surface area (Å²) in [4.78, 5) is 0. The summed E-state index contributed by atoms with van der Waals surface area (Å²) in [6.07, 6.45) is 0. The highest BCUT2D eigenvalue weighted by atomic mass is 32.1. The first-order valence-electron chi connectivity index (χ1n) is 3.42. The lowest BCUT2D eigenvalue weighted by Crippen LogP contribution is -2.16. The number of phenols is 1. The fourth-order valence-electron chi connectivity index (χ4n) is 1.01. The van der Waals surface area contributed by atoms with Crippen molar-refractivity contribution in [1.82, 2.24) is 0 Å². The highest BCUT2D eigenvalue weighted by Crippen LogP contribution is 2.27. The SMILES string of the molecule is Oc1ccc2c(c1)OC(=S)OC2. The summed E-state index contributed by atoms with van der Waals surface area (Å²) in [6, 6.07) is 4.84. The number of ether oxygens (including phenoxy) is 2. The van der Waals surface area contributed by atoms with Crippen molar-refractivity contribution >= 4 is 17.5 Å². The second kappa shape index (κ2) is 2.64. The fraction of sp³-hybridized carbons (Fsp3) is 0.125. The molecule has 0 aromatic heterocycles. The van der Waals surface area contributed by atoms with E-state index in [0.717, 1.165) is 5.56 Å². The van der Waals surface area contributed by atoms with E-state index in [-0.39, 0.29) is 11.0 Å². The maximum Gasteiger partial charge on any atom is 0.358 e. The largest absolute Gasteiger partial charge is 0.508 e. The molecule has 0 spiro atoms. The zero-order valence-corrected chi connectivity index (χ0v) is 6.93. The summed E-state index contributed by atoms with van der Waals surface area (Å²) in [7, 11) is 0. The van der Waals surface area contributed by atoms with E-state index in [1.165, 1.54) is 6.07 Å². The molecule has 1 aromatic rings. The topological polar surface area (TPSA) is 38.7 Å². The number of rotatable bonds is 0. The lowest BCUT2D eigenvalue weighted by molar-refractivity contribution is 0.210. The molecule has 2 rings (SSSR count). The number of thiocarbonyl (C=S) groups is 1. The van der Waals surface area contributed by atoms with Crippen LogP contribution < -0.4 is 4.74 Å². The minimum Gasteiger partial charge on any atom is -0.508 e. The maximum absolute atomic E-state index is 9.11. The van der Waals surface area contributed by atoms with Crippen LogP contribution in [0.5, 0.6) is 11.5 Å². The van der Waals surface area contributed by atoms with Gasteiger partial charge >= 0.3 is 5.24 Å². The van der Waals surface area contributed by atoms with Crippen LogP contribution in [0.3, 0.4) is 0 Å². The third-order valence-electron chi connectivity index (χ3n) is 1.59. The highest BCUT2D eigenvalue weighted by Gasteiger charge is 2.14. The maximum atomic E-state index is 9.11. The Kier molecular flexibility index (Phi) is 1.62. The van der Waals surface area contributed by atoms with Crippen LogP contribution in [0.25, 0.3) is 0 Å². The molecule has 0 radical (unpaired) electrons. The third kappa shape index (κ3) is 1.21. The van der Waals surface area contributed by atoms with Gasteiger partial charge in [-0.15, -0.1) is 0 Å². The number of benzene rings is 1. The molecule has 1 aliphatic rings. The molecule has 1 aromatic carbocycles. The normalized spacial score (nSPS) is 14.5. The Morgan fingerprint density at radius 3 is 3.08 bits per heavy atom. The Morgan fingerprint density at radius 1 is 1.42 bits per heavy atom. The molecule has 0 saturated heterocycles. The molecule has 0 saturated carbocycles. The Bertz CT molecular complexity index is 335. The summed E-state index contributed by atoms with van der Waals surface area (Å²) >= 11 is 4.70. The van der Waals surface area contributed by atoms with Crippen LogP contribution in [0.2, 0.25) is 0 Å². The molecule has 4 heteroatoms. The minimum atomic E-state index is 0.105. The van der Waals surface area contributed by atoms with Gasteiger partial charge in [0.2, 0.25) is 0 Å². The molecule has 0 unspecified atom stereocenters. The van der Waals surface area contributed by atoms with Crippen molar-refractivity contribution in [3.8, 4) is 11.5 Å². The first kappa shape index (κ1) is 7.36. The van der Waals surface area contributed by atoms with Gasteiger partial charge in [0, 0.05) is 23.8 Å². The van der Waals surface area contributed by atoms with Crippen molar-refractivity contribution in [2.75, 3.05) is 0 Å². The van der Waals surface area contributed by atoms with E-state index in [0.29, 0.717) is 12.4 Å². The summed E-state index contributed by atoms with van der Waals surface area (Å²) in [5, 5.41) is 9.22. The summed E-state index contributed by atoms with van der Waals surface area (Å²) in [6.45, 7) is 0.411. The predicted octanol–water partition coefficient (Wildman–Crippen LogP) is 1.59. The molecule has 0 atom stereocenters. The lowest BCUT2D eigenvalue weighted by atomic mass is 10.2. The zero-order chi connectivity index (χ0) is 8.55. The average Bonchev–Trinajstić information content (AvgIpc) is 2.03.